The van der Waals surface area contributed by atoms with Gasteiger partial charge in [-0.1, -0.05) is 6.92 Å². The Bertz CT molecular complexity index is 1160. The third-order valence-electron chi connectivity index (χ3n) is 4.39. The summed E-state index contributed by atoms with van der Waals surface area (Å²) in [6.45, 7) is 1.42. The quantitative estimate of drug-likeness (QED) is 0.192. The van der Waals surface area contributed by atoms with Crippen LogP contribution in [0.15, 0.2) is 12.7 Å². The maximum atomic E-state index is 12.2. The van der Waals surface area contributed by atoms with E-state index in [0.717, 1.165) is 6.33 Å². The Morgan fingerprint density at radius 2 is 1.76 bits per heavy atom. The number of rotatable bonds is 9. The third kappa shape index (κ3) is 6.01. The molecule has 3 rings (SSSR count). The van der Waals surface area contributed by atoms with Crippen molar-refractivity contribution < 1.29 is 61.4 Å². The van der Waals surface area contributed by atoms with Crippen molar-refractivity contribution in [3.63, 3.8) is 0 Å². The van der Waals surface area contributed by atoms with Gasteiger partial charge in [-0.3, -0.25) is 9.09 Å². The van der Waals surface area contributed by atoms with Gasteiger partial charge in [-0.05, 0) is 6.42 Å². The van der Waals surface area contributed by atoms with Crippen LogP contribution in [-0.2, 0) is 31.6 Å². The van der Waals surface area contributed by atoms with Crippen LogP contribution in [0.5, 0.6) is 0 Å². The summed E-state index contributed by atoms with van der Waals surface area (Å²) >= 11 is 0. The van der Waals surface area contributed by atoms with E-state index in [1.54, 1.807) is 0 Å². The first kappa shape index (κ1) is 26.2. The first-order valence-electron chi connectivity index (χ1n) is 8.91. The van der Waals surface area contributed by atoms with E-state index in [0.29, 0.717) is 0 Å². The van der Waals surface area contributed by atoms with Crippen LogP contribution in [0.2, 0.25) is 0 Å². The summed E-state index contributed by atoms with van der Waals surface area (Å²) in [5.74, 6) is 0.0439. The fourth-order valence-corrected chi connectivity index (χ4v) is 6.39. The third-order valence-corrected chi connectivity index (χ3v) is 8.25. The smallest absolute Gasteiger partial charge is 0.387 e. The minimum Gasteiger partial charge on any atom is -0.387 e. The van der Waals surface area contributed by atoms with E-state index >= 15 is 0 Å². The van der Waals surface area contributed by atoms with Crippen molar-refractivity contribution in [2.24, 2.45) is 0 Å². The Labute approximate surface area is 184 Å². The summed E-state index contributed by atoms with van der Waals surface area (Å²) in [7, 11) is -16.8. The number of fused-ring (bicyclic) bond motifs is 1. The second kappa shape index (κ2) is 9.36. The highest BCUT2D eigenvalue weighted by molar-refractivity contribution is 7.66. The van der Waals surface area contributed by atoms with Crippen LogP contribution in [0.25, 0.3) is 11.2 Å². The van der Waals surface area contributed by atoms with Gasteiger partial charge in [-0.25, -0.2) is 28.6 Å². The minimum absolute atomic E-state index is 0.0439. The lowest BCUT2D eigenvalue weighted by atomic mass is 10.0. The molecule has 0 bridgehead atoms. The SMILES string of the molecule is CCC(OP(=O)(O)OP(=O)(O)OP(=O)(O)O)[C@H]1O[C@@H](n2cnc3c(N)ncnc32)[C@H](O)[C@@H]1O. The van der Waals surface area contributed by atoms with Crippen molar-refractivity contribution in [2.45, 2.75) is 44.0 Å². The molecule has 0 spiro atoms. The van der Waals surface area contributed by atoms with E-state index in [-0.39, 0.29) is 23.4 Å². The van der Waals surface area contributed by atoms with Crippen LogP contribution >= 0.6 is 23.5 Å². The number of nitrogens with two attached hydrogens (primary N) is 1. The van der Waals surface area contributed by atoms with Gasteiger partial charge in [0.25, 0.3) is 0 Å². The van der Waals surface area contributed by atoms with Crippen LogP contribution in [0, 0.1) is 0 Å². The number of hydrogen-bond acceptors (Lipinski definition) is 13. The molecule has 0 aliphatic carbocycles. The number of phosphoric acid groups is 3. The molecular formula is C12H20N5O13P3. The molecule has 3 heterocycles. The lowest BCUT2D eigenvalue weighted by molar-refractivity contribution is -0.0814. The lowest BCUT2D eigenvalue weighted by Gasteiger charge is -2.26. The standard InChI is InChI=1S/C12H20N5O13P3/c1-2-5(28-32(23,24)30-33(25,26)29-31(20,21)22)9-7(18)8(19)12(27-9)17-4-16-6-10(13)14-3-15-11(6)17/h3-5,7-9,12,18-19H,2H2,1H3,(H,23,24)(H,25,26)(H2,13,14,15)(H2,20,21,22)/t5?,7-,8+,9+,12+/m0/s1. The average Bonchev–Trinajstić information content (AvgIpc) is 3.20. The first-order chi connectivity index (χ1) is 15.1. The number of anilines is 1. The van der Waals surface area contributed by atoms with Gasteiger partial charge in [0.2, 0.25) is 0 Å². The monoisotopic (exact) mass is 535 g/mol. The fraction of sp³-hybridized carbons (Fsp3) is 0.583. The molecule has 1 aliphatic rings. The molecule has 0 amide bonds. The highest BCUT2D eigenvalue weighted by atomic mass is 31.3. The van der Waals surface area contributed by atoms with Crippen molar-refractivity contribution in [1.29, 1.82) is 0 Å². The molecule has 8 N–H and O–H groups in total. The van der Waals surface area contributed by atoms with Gasteiger partial charge in [0.15, 0.2) is 17.7 Å². The highest BCUT2D eigenvalue weighted by Gasteiger charge is 2.50. The average molecular weight is 535 g/mol. The summed E-state index contributed by atoms with van der Waals surface area (Å²) in [6, 6.07) is 0. The predicted octanol–water partition coefficient (Wildman–Crippen LogP) is -0.850. The van der Waals surface area contributed by atoms with Gasteiger partial charge in [0.05, 0.1) is 12.4 Å². The molecule has 33 heavy (non-hydrogen) atoms. The number of phosphoric ester groups is 1. The maximum absolute atomic E-state index is 12.2. The molecule has 186 valence electrons. The number of nitrogen functional groups attached to an aromatic ring is 1. The number of aliphatic hydroxyl groups is 2. The van der Waals surface area contributed by atoms with Gasteiger partial charge in [-0.2, -0.15) is 8.62 Å². The molecule has 1 aliphatic heterocycles. The summed E-state index contributed by atoms with van der Waals surface area (Å²) < 4.78 is 53.3. The first-order valence-corrected chi connectivity index (χ1v) is 13.4. The van der Waals surface area contributed by atoms with Crippen LogP contribution in [0.4, 0.5) is 5.82 Å². The number of nitrogens with zero attached hydrogens (tertiary/aromatic N) is 4. The van der Waals surface area contributed by atoms with Crippen molar-refractivity contribution >= 4 is 40.4 Å². The number of imidazole rings is 1. The van der Waals surface area contributed by atoms with Crippen LogP contribution in [0.1, 0.15) is 19.6 Å². The summed E-state index contributed by atoms with van der Waals surface area (Å²) in [5, 5.41) is 20.9. The summed E-state index contributed by atoms with van der Waals surface area (Å²) in [4.78, 5) is 48.0. The van der Waals surface area contributed by atoms with Crippen molar-refractivity contribution in [1.82, 2.24) is 19.5 Å². The van der Waals surface area contributed by atoms with E-state index in [1.807, 2.05) is 0 Å². The number of hydrogen-bond donors (Lipinski definition) is 7. The number of ether oxygens (including phenoxy) is 1. The van der Waals surface area contributed by atoms with Crippen LogP contribution in [-0.4, -0.2) is 73.7 Å². The van der Waals surface area contributed by atoms with E-state index in [4.69, 9.17) is 24.8 Å². The van der Waals surface area contributed by atoms with Gasteiger partial charge in [0, 0.05) is 0 Å². The Morgan fingerprint density at radius 1 is 1.09 bits per heavy atom. The minimum atomic E-state index is -5.74. The zero-order valence-corrected chi connectivity index (χ0v) is 19.2. The fourth-order valence-electron chi connectivity index (χ4n) is 3.12. The van der Waals surface area contributed by atoms with E-state index in [1.165, 1.54) is 17.8 Å². The number of aliphatic hydroxyl groups excluding tert-OH is 2. The molecule has 2 aromatic rings. The van der Waals surface area contributed by atoms with Crippen molar-refractivity contribution in [3.05, 3.63) is 12.7 Å². The van der Waals surface area contributed by atoms with E-state index in [9.17, 15) is 33.7 Å². The molecule has 7 atom stereocenters. The van der Waals surface area contributed by atoms with Crippen LogP contribution in [0.3, 0.4) is 0 Å². The van der Waals surface area contributed by atoms with E-state index in [2.05, 4.69) is 23.6 Å². The zero-order valence-electron chi connectivity index (χ0n) is 16.5. The predicted molar refractivity (Wildman–Crippen MR) is 105 cm³/mol. The van der Waals surface area contributed by atoms with Crippen LogP contribution < -0.4 is 5.73 Å². The topological polar surface area (TPSA) is 279 Å². The van der Waals surface area contributed by atoms with E-state index < -0.39 is 54.1 Å². The molecule has 0 radical (unpaired) electrons. The molecule has 21 heteroatoms. The zero-order chi connectivity index (χ0) is 24.8. The Kier molecular flexibility index (Phi) is 7.44. The van der Waals surface area contributed by atoms with Gasteiger partial charge >= 0.3 is 23.5 Å². The molecule has 1 fully saturated rings. The van der Waals surface area contributed by atoms with Gasteiger partial charge in [-0.15, -0.1) is 0 Å². The largest absolute Gasteiger partial charge is 0.490 e. The molecule has 18 nitrogen and oxygen atoms in total. The molecule has 3 unspecified atom stereocenters. The Balaban J connectivity index is 1.80. The Hall–Kier alpha value is -1.36. The second-order valence-electron chi connectivity index (χ2n) is 6.70. The second-order valence-corrected chi connectivity index (χ2v) is 11.1. The lowest BCUT2D eigenvalue weighted by Crippen LogP contribution is -2.39. The summed E-state index contributed by atoms with van der Waals surface area (Å²) in [6.07, 6.45) is -5.40. The maximum Gasteiger partial charge on any atom is 0.490 e. The molecule has 0 saturated carbocycles. The molecule has 0 aromatic carbocycles. The Morgan fingerprint density at radius 3 is 2.36 bits per heavy atom. The molecular weight excluding hydrogens is 515 g/mol. The molecule has 1 saturated heterocycles. The normalized spacial score (nSPS) is 28.5. The highest BCUT2D eigenvalue weighted by Crippen LogP contribution is 2.66. The number of aromatic nitrogens is 4. The van der Waals surface area contributed by atoms with Gasteiger partial charge < -0.3 is 40.3 Å². The molecule has 2 aromatic heterocycles. The summed E-state index contributed by atoms with van der Waals surface area (Å²) in [5.41, 5.74) is 6.05. The van der Waals surface area contributed by atoms with Gasteiger partial charge in [0.1, 0.15) is 30.2 Å². The van der Waals surface area contributed by atoms with Crippen molar-refractivity contribution in [2.75, 3.05) is 5.73 Å². The van der Waals surface area contributed by atoms with Crippen molar-refractivity contribution in [3.8, 4) is 0 Å².